The molecule has 154 valence electrons. The number of amides is 1. The lowest BCUT2D eigenvalue weighted by atomic mass is 9.89. The third-order valence-corrected chi connectivity index (χ3v) is 6.28. The predicted molar refractivity (Wildman–Crippen MR) is 110 cm³/mol. The first kappa shape index (κ1) is 20.9. The number of nitrogens with zero attached hydrogens (tertiary/aromatic N) is 4. The Balaban J connectivity index is 1.80. The Morgan fingerprint density at radius 1 is 1.21 bits per heavy atom. The maximum atomic E-state index is 12.6. The van der Waals surface area contributed by atoms with Crippen molar-refractivity contribution >= 4 is 21.6 Å². The van der Waals surface area contributed by atoms with E-state index in [1.807, 2.05) is 6.92 Å². The number of benzene rings is 1. The number of hydrazone groups is 1. The molecule has 9 heteroatoms. The van der Waals surface area contributed by atoms with Gasteiger partial charge in [0.25, 0.3) is 10.0 Å². The monoisotopic (exact) mass is 415 g/mol. The number of sulfonamides is 1. The van der Waals surface area contributed by atoms with Crippen molar-refractivity contribution in [2.45, 2.75) is 38.0 Å². The number of aryl methyl sites for hydroxylation is 1. The highest BCUT2D eigenvalue weighted by atomic mass is 32.2. The number of rotatable bonds is 6. The molecule has 29 heavy (non-hydrogen) atoms. The summed E-state index contributed by atoms with van der Waals surface area (Å²) in [6, 6.07) is 8.40. The van der Waals surface area contributed by atoms with Gasteiger partial charge >= 0.3 is 0 Å². The summed E-state index contributed by atoms with van der Waals surface area (Å²) in [6.45, 7) is 4.72. The fourth-order valence-electron chi connectivity index (χ4n) is 3.30. The molecule has 1 fully saturated rings. The Morgan fingerprint density at radius 3 is 2.48 bits per heavy atom. The fraction of sp³-hybridized carbons (Fsp3) is 0.400. The van der Waals surface area contributed by atoms with Crippen LogP contribution in [0.15, 0.2) is 52.9 Å². The summed E-state index contributed by atoms with van der Waals surface area (Å²) in [5, 5.41) is 4.30. The minimum atomic E-state index is -3.76. The molecule has 1 amide bonds. The molecule has 1 aromatic heterocycles. The van der Waals surface area contributed by atoms with Gasteiger partial charge in [0.2, 0.25) is 5.91 Å². The van der Waals surface area contributed by atoms with Crippen molar-refractivity contribution in [3.8, 4) is 0 Å². The number of hydrogen-bond donors (Lipinski definition) is 1. The van der Waals surface area contributed by atoms with Crippen molar-refractivity contribution < 1.29 is 13.2 Å². The van der Waals surface area contributed by atoms with Crippen molar-refractivity contribution in [3.63, 3.8) is 0 Å². The average molecular weight is 416 g/mol. The third-order valence-electron chi connectivity index (χ3n) is 5.06. The second-order valence-corrected chi connectivity index (χ2v) is 8.83. The lowest BCUT2D eigenvalue weighted by molar-refractivity contribution is -0.129. The second-order valence-electron chi connectivity index (χ2n) is 7.17. The van der Waals surface area contributed by atoms with Gasteiger partial charge in [-0.25, -0.2) is 14.8 Å². The van der Waals surface area contributed by atoms with Crippen LogP contribution in [0.5, 0.6) is 0 Å². The molecular weight excluding hydrogens is 390 g/mol. The van der Waals surface area contributed by atoms with Crippen molar-refractivity contribution in [1.82, 2.24) is 19.7 Å². The topological polar surface area (TPSA) is 105 Å². The van der Waals surface area contributed by atoms with Crippen LogP contribution in [-0.2, 0) is 21.2 Å². The van der Waals surface area contributed by atoms with E-state index in [0.29, 0.717) is 25.2 Å². The summed E-state index contributed by atoms with van der Waals surface area (Å²) in [7, 11) is -3.76. The number of carbonyl (C=O) groups excluding carboxylic acids is 1. The van der Waals surface area contributed by atoms with Gasteiger partial charge in [-0.05, 0) is 38.0 Å². The summed E-state index contributed by atoms with van der Waals surface area (Å²) >= 11 is 0. The molecule has 0 aliphatic carbocycles. The number of hydrogen-bond acceptors (Lipinski definition) is 6. The molecule has 0 unspecified atom stereocenters. The smallest absolute Gasteiger partial charge is 0.276 e. The number of aromatic nitrogens is 2. The van der Waals surface area contributed by atoms with E-state index < -0.39 is 10.0 Å². The number of carbonyl (C=O) groups is 1. The number of nitrogens with one attached hydrogen (secondary N) is 1. The maximum Gasteiger partial charge on any atom is 0.276 e. The molecule has 8 nitrogen and oxygen atoms in total. The lowest BCUT2D eigenvalue weighted by Crippen LogP contribution is -2.40. The summed E-state index contributed by atoms with van der Waals surface area (Å²) in [5.41, 5.74) is 2.46. The normalized spacial score (nSPS) is 15.9. The van der Waals surface area contributed by atoms with Crippen LogP contribution in [0.4, 0.5) is 0 Å². The quantitative estimate of drug-likeness (QED) is 0.573. The minimum absolute atomic E-state index is 0.0535. The largest absolute Gasteiger partial charge is 0.343 e. The molecule has 1 aliphatic rings. The molecule has 2 heterocycles. The molecular formula is C20H25N5O3S. The van der Waals surface area contributed by atoms with E-state index in [1.165, 1.54) is 6.33 Å². The Labute approximate surface area is 171 Å². The first-order valence-electron chi connectivity index (χ1n) is 9.50. The van der Waals surface area contributed by atoms with E-state index in [2.05, 4.69) is 19.9 Å². The highest BCUT2D eigenvalue weighted by molar-refractivity contribution is 7.89. The zero-order valence-electron chi connectivity index (χ0n) is 16.6. The van der Waals surface area contributed by atoms with Gasteiger partial charge in [0.05, 0.1) is 4.90 Å². The first-order valence-corrected chi connectivity index (χ1v) is 11.0. The van der Waals surface area contributed by atoms with E-state index in [-0.39, 0.29) is 16.7 Å². The molecule has 1 N–H and O–H groups in total. The van der Waals surface area contributed by atoms with E-state index in [0.717, 1.165) is 24.1 Å². The summed E-state index contributed by atoms with van der Waals surface area (Å²) in [4.78, 5) is 24.1. The van der Waals surface area contributed by atoms with E-state index in [1.54, 1.807) is 48.4 Å². The van der Waals surface area contributed by atoms with Crippen LogP contribution in [0.1, 0.15) is 31.0 Å². The van der Waals surface area contributed by atoms with E-state index in [9.17, 15) is 13.2 Å². The Morgan fingerprint density at radius 2 is 1.90 bits per heavy atom. The first-order chi connectivity index (χ1) is 13.8. The lowest BCUT2D eigenvalue weighted by Gasteiger charge is -2.31. The zero-order valence-corrected chi connectivity index (χ0v) is 17.4. The van der Waals surface area contributed by atoms with Gasteiger partial charge in [0.15, 0.2) is 0 Å². The van der Waals surface area contributed by atoms with Crippen LogP contribution in [0.3, 0.4) is 0 Å². The average Bonchev–Trinajstić information content (AvgIpc) is 2.72. The zero-order chi connectivity index (χ0) is 20.9. The summed E-state index contributed by atoms with van der Waals surface area (Å²) in [5.74, 6) is 0.124. The van der Waals surface area contributed by atoms with Crippen molar-refractivity contribution in [2.24, 2.45) is 11.0 Å². The van der Waals surface area contributed by atoms with Crippen LogP contribution in [0.2, 0.25) is 0 Å². The van der Waals surface area contributed by atoms with Crippen LogP contribution in [0, 0.1) is 12.8 Å². The van der Waals surface area contributed by atoms with E-state index >= 15 is 0 Å². The van der Waals surface area contributed by atoms with Gasteiger partial charge in [0.1, 0.15) is 6.33 Å². The minimum Gasteiger partial charge on any atom is -0.343 e. The molecule has 0 spiro atoms. The Bertz CT molecular complexity index is 967. The molecule has 1 aliphatic heterocycles. The standard InChI is InChI=1S/C20H25N5O3S/c1-15-3-5-19(6-4-15)29(27,28)24-23-20(13-18-7-10-21-14-22-18)17-8-11-25(12-9-17)16(2)26/h3-7,10,14,17,24H,8-9,11-13H2,1-2H3/b23-20-. The summed E-state index contributed by atoms with van der Waals surface area (Å²) < 4.78 is 25.3. The SMILES string of the molecule is CC(=O)N1CCC(/C(Cc2ccncn2)=N\NS(=O)(=O)c2ccc(C)cc2)CC1. The van der Waals surface area contributed by atoms with Gasteiger partial charge in [-0.15, -0.1) is 0 Å². The Hall–Kier alpha value is -2.81. The molecule has 3 rings (SSSR count). The van der Waals surface area contributed by atoms with Crippen LogP contribution in [0.25, 0.3) is 0 Å². The van der Waals surface area contributed by atoms with Gasteiger partial charge in [0, 0.05) is 50.0 Å². The van der Waals surface area contributed by atoms with Gasteiger partial charge in [-0.2, -0.15) is 13.5 Å². The maximum absolute atomic E-state index is 12.6. The fourth-order valence-corrected chi connectivity index (χ4v) is 4.14. The van der Waals surface area contributed by atoms with Crippen LogP contribution in [-0.4, -0.2) is 48.0 Å². The van der Waals surface area contributed by atoms with Crippen molar-refractivity contribution in [3.05, 3.63) is 54.1 Å². The molecule has 1 saturated heterocycles. The van der Waals surface area contributed by atoms with Crippen LogP contribution < -0.4 is 4.83 Å². The highest BCUT2D eigenvalue weighted by Gasteiger charge is 2.26. The van der Waals surface area contributed by atoms with Crippen LogP contribution >= 0.6 is 0 Å². The molecule has 0 saturated carbocycles. The molecule has 2 aromatic rings. The molecule has 1 aromatic carbocycles. The third kappa shape index (κ3) is 5.60. The molecule has 0 bridgehead atoms. The van der Waals surface area contributed by atoms with Gasteiger partial charge in [-0.3, -0.25) is 4.79 Å². The van der Waals surface area contributed by atoms with Crippen molar-refractivity contribution in [1.29, 1.82) is 0 Å². The predicted octanol–water partition coefficient (Wildman–Crippen LogP) is 1.92. The molecule has 0 radical (unpaired) electrons. The summed E-state index contributed by atoms with van der Waals surface area (Å²) in [6.07, 6.45) is 4.99. The van der Waals surface area contributed by atoms with Gasteiger partial charge in [-0.1, -0.05) is 17.7 Å². The van der Waals surface area contributed by atoms with Crippen molar-refractivity contribution in [2.75, 3.05) is 13.1 Å². The number of likely N-dealkylation sites (tertiary alicyclic amines) is 1. The molecule has 0 atom stereocenters. The van der Waals surface area contributed by atoms with E-state index in [4.69, 9.17) is 0 Å². The second kappa shape index (κ2) is 9.13. The Kier molecular flexibility index (Phi) is 6.58. The number of piperidine rings is 1. The van der Waals surface area contributed by atoms with Gasteiger partial charge < -0.3 is 4.90 Å². The highest BCUT2D eigenvalue weighted by Crippen LogP contribution is 2.21.